The molecule has 3 heterocycles. The maximum absolute atomic E-state index is 14.5. The first-order chi connectivity index (χ1) is 23.8. The van der Waals surface area contributed by atoms with Gasteiger partial charge >= 0.3 is 0 Å². The highest BCUT2D eigenvalue weighted by atomic mass is 35.5. The fourth-order valence-corrected chi connectivity index (χ4v) is 6.49. The van der Waals surface area contributed by atoms with Crippen LogP contribution in [0.1, 0.15) is 42.4 Å². The summed E-state index contributed by atoms with van der Waals surface area (Å²) in [6.07, 6.45) is 3.33. The zero-order valence-corrected chi connectivity index (χ0v) is 29.0. The van der Waals surface area contributed by atoms with Crippen LogP contribution in [0.5, 0.6) is 0 Å². The molecule has 1 atom stereocenters. The maximum Gasteiger partial charge on any atom is 0.225 e. The van der Waals surface area contributed by atoms with Crippen molar-refractivity contribution in [1.29, 1.82) is 0 Å². The molecule has 0 aliphatic carbocycles. The van der Waals surface area contributed by atoms with E-state index in [1.54, 1.807) is 56.0 Å². The van der Waals surface area contributed by atoms with Gasteiger partial charge in [-0.15, -0.1) is 0 Å². The SMILES string of the molecule is CSNc1nn(C)c2c(-c3ccc(C#CC(C)(C)O)nc3C(Cc3cc(F)cc(F)c3)NC(=O)Cc3c[nH]c4ccc(F)cc34)ccc(Cl)c12. The zero-order chi connectivity index (χ0) is 35.7. The molecule has 0 saturated carbocycles. The number of halogens is 4. The number of nitrogens with zero attached hydrogens (tertiary/aromatic N) is 3. The Kier molecular flexibility index (Phi) is 9.84. The van der Waals surface area contributed by atoms with Crippen molar-refractivity contribution in [3.63, 3.8) is 0 Å². The van der Waals surface area contributed by atoms with Gasteiger partial charge in [0.25, 0.3) is 0 Å². The lowest BCUT2D eigenvalue weighted by atomic mass is 9.93. The van der Waals surface area contributed by atoms with Crippen molar-refractivity contribution < 1.29 is 23.1 Å². The Balaban J connectivity index is 1.52. The number of nitrogens with one attached hydrogen (secondary N) is 3. The van der Waals surface area contributed by atoms with Crippen LogP contribution in [0.15, 0.2) is 66.9 Å². The molecule has 3 aromatic heterocycles. The number of fused-ring (bicyclic) bond motifs is 2. The second-order valence-electron chi connectivity index (χ2n) is 12.3. The summed E-state index contributed by atoms with van der Waals surface area (Å²) in [4.78, 5) is 21.8. The van der Waals surface area contributed by atoms with Crippen molar-refractivity contribution in [1.82, 2.24) is 25.1 Å². The molecule has 1 unspecified atom stereocenters. The summed E-state index contributed by atoms with van der Waals surface area (Å²) < 4.78 is 47.9. The van der Waals surface area contributed by atoms with E-state index >= 15 is 0 Å². The average molecular weight is 717 g/mol. The quantitative estimate of drug-likeness (QED) is 0.0905. The number of rotatable bonds is 9. The van der Waals surface area contributed by atoms with Crippen LogP contribution in [0.25, 0.3) is 32.9 Å². The summed E-state index contributed by atoms with van der Waals surface area (Å²) >= 11 is 8.05. The van der Waals surface area contributed by atoms with Crippen molar-refractivity contribution in [3.05, 3.63) is 112 Å². The predicted molar refractivity (Wildman–Crippen MR) is 192 cm³/mol. The van der Waals surface area contributed by atoms with E-state index < -0.39 is 35.0 Å². The van der Waals surface area contributed by atoms with Crippen LogP contribution in [0.3, 0.4) is 0 Å². The van der Waals surface area contributed by atoms with Gasteiger partial charge in [-0.25, -0.2) is 18.2 Å². The molecule has 0 spiro atoms. The fourth-order valence-electron chi connectivity index (χ4n) is 5.91. The largest absolute Gasteiger partial charge is 0.378 e. The number of hydrogen-bond donors (Lipinski definition) is 4. The highest BCUT2D eigenvalue weighted by molar-refractivity contribution is 7.99. The van der Waals surface area contributed by atoms with E-state index in [4.69, 9.17) is 16.6 Å². The lowest BCUT2D eigenvalue weighted by Crippen LogP contribution is -2.32. The van der Waals surface area contributed by atoms with Crippen molar-refractivity contribution in [2.24, 2.45) is 7.05 Å². The third-order valence-corrected chi connectivity index (χ3v) is 8.67. The van der Waals surface area contributed by atoms with Gasteiger partial charge in [-0.3, -0.25) is 9.48 Å². The number of H-pyrrole nitrogens is 1. The average Bonchev–Trinajstić information content (AvgIpc) is 3.59. The summed E-state index contributed by atoms with van der Waals surface area (Å²) in [6, 6.07) is 13.6. The monoisotopic (exact) mass is 716 g/mol. The highest BCUT2D eigenvalue weighted by Crippen LogP contribution is 2.40. The Morgan fingerprint density at radius 2 is 1.80 bits per heavy atom. The third kappa shape index (κ3) is 7.60. The van der Waals surface area contributed by atoms with E-state index in [1.165, 1.54) is 36.2 Å². The van der Waals surface area contributed by atoms with Gasteiger partial charge in [-0.05, 0) is 85.8 Å². The molecule has 0 radical (unpaired) electrons. The van der Waals surface area contributed by atoms with E-state index in [-0.39, 0.29) is 18.4 Å². The first kappa shape index (κ1) is 34.9. The molecule has 8 nitrogen and oxygen atoms in total. The lowest BCUT2D eigenvalue weighted by Gasteiger charge is -2.23. The summed E-state index contributed by atoms with van der Waals surface area (Å²) in [7, 11) is 1.78. The number of amides is 1. The van der Waals surface area contributed by atoms with Crippen molar-refractivity contribution in [3.8, 4) is 23.0 Å². The molecule has 50 heavy (non-hydrogen) atoms. The molecular weight excluding hydrogens is 685 g/mol. The number of aromatic nitrogens is 4. The third-order valence-electron chi connectivity index (χ3n) is 7.96. The number of anilines is 1. The minimum Gasteiger partial charge on any atom is -0.378 e. The molecule has 6 aromatic rings. The minimum absolute atomic E-state index is 0.0489. The molecule has 0 aliphatic rings. The standard InChI is InChI=1S/C37H32ClF3N6O2S/c1-37(2,49)12-11-25-6-7-26(27-8-9-29(38)33-35(27)47(3)45-36(33)46-50-4)34(43-25)31(15-20-13-23(40)17-24(41)14-20)44-32(48)16-21-19-42-30-10-5-22(39)18-28(21)30/h5-10,13-14,17-19,31,42,49H,15-16H2,1-4H3,(H,44,48)(H,45,46). The van der Waals surface area contributed by atoms with E-state index in [9.17, 15) is 23.1 Å². The number of hydrogen-bond acceptors (Lipinski definition) is 6. The van der Waals surface area contributed by atoms with Crippen LogP contribution in [-0.2, 0) is 24.7 Å². The number of carbonyl (C=O) groups is 1. The van der Waals surface area contributed by atoms with Gasteiger partial charge in [0.05, 0.1) is 34.1 Å². The predicted octanol–water partition coefficient (Wildman–Crippen LogP) is 7.64. The summed E-state index contributed by atoms with van der Waals surface area (Å²) in [5.74, 6) is 3.80. The Morgan fingerprint density at radius 3 is 2.52 bits per heavy atom. The van der Waals surface area contributed by atoms with E-state index in [2.05, 4.69) is 32.0 Å². The Hall–Kier alpha value is -4.96. The molecule has 0 saturated heterocycles. The van der Waals surface area contributed by atoms with E-state index in [1.807, 2.05) is 12.3 Å². The minimum atomic E-state index is -1.32. The van der Waals surface area contributed by atoms with Gasteiger partial charge in [-0.1, -0.05) is 35.5 Å². The van der Waals surface area contributed by atoms with Gasteiger partial charge in [0.2, 0.25) is 5.91 Å². The highest BCUT2D eigenvalue weighted by Gasteiger charge is 2.26. The van der Waals surface area contributed by atoms with Gasteiger partial charge < -0.3 is 20.1 Å². The molecular formula is C37H32ClF3N6O2S. The summed E-state index contributed by atoms with van der Waals surface area (Å²) in [5.41, 5.74) is 2.76. The molecule has 0 aliphatic heterocycles. The molecule has 1 amide bonds. The second kappa shape index (κ2) is 14.1. The number of aliphatic hydroxyl groups is 1. The van der Waals surface area contributed by atoms with Gasteiger partial charge in [0.1, 0.15) is 28.7 Å². The number of aryl methyl sites for hydroxylation is 1. The molecule has 13 heteroatoms. The normalized spacial score (nSPS) is 12.2. The molecule has 0 fully saturated rings. The molecule has 256 valence electrons. The van der Waals surface area contributed by atoms with Crippen molar-refractivity contribution >= 4 is 57.1 Å². The Bertz CT molecular complexity index is 2300. The molecule has 3 aromatic carbocycles. The number of benzene rings is 3. The number of aromatic amines is 1. The Morgan fingerprint density at radius 1 is 1.06 bits per heavy atom. The van der Waals surface area contributed by atoms with Gasteiger partial charge in [0.15, 0.2) is 5.82 Å². The van der Waals surface area contributed by atoms with E-state index in [0.717, 1.165) is 6.07 Å². The van der Waals surface area contributed by atoms with Crippen molar-refractivity contribution in [2.75, 3.05) is 11.0 Å². The molecule has 6 rings (SSSR count). The Labute approximate surface area is 295 Å². The van der Waals surface area contributed by atoms with Gasteiger partial charge in [-0.2, -0.15) is 5.10 Å². The first-order valence-corrected chi connectivity index (χ1v) is 17.1. The lowest BCUT2D eigenvalue weighted by molar-refractivity contribution is -0.121. The van der Waals surface area contributed by atoms with Crippen LogP contribution in [-0.4, -0.2) is 42.6 Å². The maximum atomic E-state index is 14.5. The molecule has 4 N–H and O–H groups in total. The van der Waals surface area contributed by atoms with Gasteiger partial charge in [0, 0.05) is 47.6 Å². The van der Waals surface area contributed by atoms with E-state index in [0.29, 0.717) is 60.7 Å². The fraction of sp³-hybridized carbons (Fsp3) is 0.216. The topological polar surface area (TPSA) is 108 Å². The van der Waals surface area contributed by atoms with Crippen LogP contribution >= 0.6 is 23.5 Å². The van der Waals surface area contributed by atoms with Crippen molar-refractivity contribution in [2.45, 2.75) is 38.3 Å². The van der Waals surface area contributed by atoms with Crippen LogP contribution in [0.4, 0.5) is 19.0 Å². The smallest absolute Gasteiger partial charge is 0.225 e. The number of carbonyl (C=O) groups excluding carboxylic acids is 1. The summed E-state index contributed by atoms with van der Waals surface area (Å²) in [5, 5.41) is 19.7. The molecule has 0 bridgehead atoms. The van der Waals surface area contributed by atoms with Crippen LogP contribution in [0.2, 0.25) is 5.02 Å². The van der Waals surface area contributed by atoms with Crippen LogP contribution in [0, 0.1) is 29.3 Å². The van der Waals surface area contributed by atoms with Crippen LogP contribution < -0.4 is 10.0 Å². The zero-order valence-electron chi connectivity index (χ0n) is 27.5. The summed E-state index contributed by atoms with van der Waals surface area (Å²) in [6.45, 7) is 3.08. The first-order valence-electron chi connectivity index (χ1n) is 15.5. The second-order valence-corrected chi connectivity index (χ2v) is 13.3. The number of pyridine rings is 1.